The van der Waals surface area contributed by atoms with Gasteiger partial charge in [-0.25, -0.2) is 4.79 Å². The van der Waals surface area contributed by atoms with Gasteiger partial charge in [-0.1, -0.05) is 18.2 Å². The molecule has 2 N–H and O–H groups in total. The second-order valence-corrected chi connectivity index (χ2v) is 4.91. The van der Waals surface area contributed by atoms with E-state index in [4.69, 9.17) is 9.84 Å². The molecule has 114 valence electrons. The second-order valence-electron chi connectivity index (χ2n) is 4.91. The van der Waals surface area contributed by atoms with Crippen molar-refractivity contribution in [2.24, 2.45) is 0 Å². The molecule has 0 radical (unpaired) electrons. The largest absolute Gasteiger partial charge is 0.497 e. The Morgan fingerprint density at radius 2 is 1.82 bits per heavy atom. The highest BCUT2D eigenvalue weighted by atomic mass is 16.5. The lowest BCUT2D eigenvalue weighted by molar-refractivity contribution is -0.115. The molecule has 0 aliphatic carbocycles. The lowest BCUT2D eigenvalue weighted by Gasteiger charge is -2.10. The van der Waals surface area contributed by atoms with Gasteiger partial charge >= 0.3 is 5.97 Å². The number of benzene rings is 2. The second kappa shape index (κ2) is 6.76. The first kappa shape index (κ1) is 15.6. The summed E-state index contributed by atoms with van der Waals surface area (Å²) in [6.07, 6.45) is 0.209. The maximum atomic E-state index is 12.1. The highest BCUT2D eigenvalue weighted by Crippen LogP contribution is 2.18. The fraction of sp³-hybridized carbons (Fsp3) is 0.176. The van der Waals surface area contributed by atoms with Crippen LogP contribution in [-0.2, 0) is 11.2 Å². The number of hydrogen-bond donors (Lipinski definition) is 2. The van der Waals surface area contributed by atoms with Crippen molar-refractivity contribution in [3.63, 3.8) is 0 Å². The number of hydrogen-bond acceptors (Lipinski definition) is 3. The van der Waals surface area contributed by atoms with E-state index >= 15 is 0 Å². The van der Waals surface area contributed by atoms with Gasteiger partial charge in [0, 0.05) is 5.69 Å². The molecule has 0 aliphatic heterocycles. The zero-order valence-corrected chi connectivity index (χ0v) is 12.4. The van der Waals surface area contributed by atoms with Crippen LogP contribution in [0.25, 0.3) is 0 Å². The molecule has 2 aromatic carbocycles. The van der Waals surface area contributed by atoms with Crippen LogP contribution in [0.15, 0.2) is 42.5 Å². The molecule has 2 rings (SSSR count). The highest BCUT2D eigenvalue weighted by molar-refractivity contribution is 5.95. The van der Waals surface area contributed by atoms with Crippen molar-refractivity contribution >= 4 is 17.6 Å². The predicted molar refractivity (Wildman–Crippen MR) is 83.5 cm³/mol. The van der Waals surface area contributed by atoms with Gasteiger partial charge in [-0.3, -0.25) is 4.79 Å². The Hall–Kier alpha value is -2.82. The number of aromatic carboxylic acids is 1. The van der Waals surface area contributed by atoms with Crippen molar-refractivity contribution in [1.29, 1.82) is 0 Å². The number of anilines is 1. The van der Waals surface area contributed by atoms with E-state index in [2.05, 4.69) is 5.32 Å². The first-order chi connectivity index (χ1) is 10.5. The summed E-state index contributed by atoms with van der Waals surface area (Å²) in [5.41, 5.74) is 2.32. The molecule has 0 unspecified atom stereocenters. The summed E-state index contributed by atoms with van der Waals surface area (Å²) in [5.74, 6) is -0.490. The maximum absolute atomic E-state index is 12.1. The molecule has 0 spiro atoms. The quantitative estimate of drug-likeness (QED) is 0.890. The Labute approximate surface area is 128 Å². The van der Waals surface area contributed by atoms with Gasteiger partial charge in [0.2, 0.25) is 5.91 Å². The molecule has 0 atom stereocenters. The maximum Gasteiger partial charge on any atom is 0.335 e. The number of carboxylic acid groups (broad SMARTS) is 1. The third-order valence-corrected chi connectivity index (χ3v) is 3.28. The normalized spacial score (nSPS) is 10.1. The Morgan fingerprint density at radius 1 is 1.14 bits per heavy atom. The van der Waals surface area contributed by atoms with Crippen LogP contribution in [-0.4, -0.2) is 24.1 Å². The zero-order valence-electron chi connectivity index (χ0n) is 12.4. The molecule has 5 nitrogen and oxygen atoms in total. The van der Waals surface area contributed by atoms with Gasteiger partial charge in [0.1, 0.15) is 5.75 Å². The topological polar surface area (TPSA) is 75.6 Å². The molecule has 0 bridgehead atoms. The average Bonchev–Trinajstić information content (AvgIpc) is 2.50. The van der Waals surface area contributed by atoms with E-state index in [0.29, 0.717) is 5.69 Å². The zero-order chi connectivity index (χ0) is 16.1. The summed E-state index contributed by atoms with van der Waals surface area (Å²) in [7, 11) is 1.58. The van der Waals surface area contributed by atoms with Crippen molar-refractivity contribution < 1.29 is 19.4 Å². The van der Waals surface area contributed by atoms with Gasteiger partial charge in [-0.05, 0) is 42.3 Å². The molecule has 0 aliphatic rings. The van der Waals surface area contributed by atoms with Crippen LogP contribution in [0, 0.1) is 6.92 Å². The van der Waals surface area contributed by atoms with Gasteiger partial charge in [-0.15, -0.1) is 0 Å². The van der Waals surface area contributed by atoms with Crippen LogP contribution >= 0.6 is 0 Å². The summed E-state index contributed by atoms with van der Waals surface area (Å²) in [6.45, 7) is 1.81. The number of ether oxygens (including phenoxy) is 1. The van der Waals surface area contributed by atoms with Gasteiger partial charge in [-0.2, -0.15) is 0 Å². The Balaban J connectivity index is 2.08. The molecule has 0 saturated heterocycles. The van der Waals surface area contributed by atoms with E-state index in [1.807, 2.05) is 19.1 Å². The monoisotopic (exact) mass is 299 g/mol. The lowest BCUT2D eigenvalue weighted by Crippen LogP contribution is -2.15. The molecular weight excluding hydrogens is 282 g/mol. The number of carboxylic acids is 1. The molecule has 5 heteroatoms. The fourth-order valence-corrected chi connectivity index (χ4v) is 2.01. The summed E-state index contributed by atoms with van der Waals surface area (Å²) in [6, 6.07) is 11.9. The van der Waals surface area contributed by atoms with E-state index < -0.39 is 5.97 Å². The molecule has 2 aromatic rings. The average molecular weight is 299 g/mol. The van der Waals surface area contributed by atoms with E-state index in [9.17, 15) is 9.59 Å². The van der Waals surface area contributed by atoms with Crippen LogP contribution in [0.5, 0.6) is 5.75 Å². The van der Waals surface area contributed by atoms with Crippen LogP contribution in [0.2, 0.25) is 0 Å². The minimum atomic E-state index is -1.02. The minimum absolute atomic E-state index is 0.144. The molecule has 0 fully saturated rings. The third-order valence-electron chi connectivity index (χ3n) is 3.28. The fourth-order valence-electron chi connectivity index (χ4n) is 2.01. The van der Waals surface area contributed by atoms with E-state index in [0.717, 1.165) is 16.9 Å². The van der Waals surface area contributed by atoms with Crippen LogP contribution in [0.3, 0.4) is 0 Å². The standard InChI is InChI=1S/C17H17NO4/c1-11-3-6-13(17(20)21)10-15(11)18-16(19)9-12-4-7-14(22-2)8-5-12/h3-8,10H,9H2,1-2H3,(H,18,19)(H,20,21). The van der Waals surface area contributed by atoms with Crippen molar-refractivity contribution in [1.82, 2.24) is 0 Å². The summed E-state index contributed by atoms with van der Waals surface area (Å²) in [5, 5.41) is 11.7. The predicted octanol–water partition coefficient (Wildman–Crippen LogP) is 2.88. The summed E-state index contributed by atoms with van der Waals surface area (Å²) >= 11 is 0. The van der Waals surface area contributed by atoms with Crippen LogP contribution in [0.1, 0.15) is 21.5 Å². The smallest absolute Gasteiger partial charge is 0.335 e. The number of carbonyl (C=O) groups excluding carboxylic acids is 1. The number of aryl methyl sites for hydroxylation is 1. The first-order valence-electron chi connectivity index (χ1n) is 6.76. The van der Waals surface area contributed by atoms with Crippen LogP contribution < -0.4 is 10.1 Å². The highest BCUT2D eigenvalue weighted by Gasteiger charge is 2.09. The Bertz CT molecular complexity index is 692. The Kier molecular flexibility index (Phi) is 4.78. The summed E-state index contributed by atoms with van der Waals surface area (Å²) < 4.78 is 5.06. The van der Waals surface area contributed by atoms with E-state index in [-0.39, 0.29) is 17.9 Å². The first-order valence-corrected chi connectivity index (χ1v) is 6.76. The molecular formula is C17H17NO4. The van der Waals surface area contributed by atoms with Crippen molar-refractivity contribution in [3.05, 3.63) is 59.2 Å². The van der Waals surface area contributed by atoms with Gasteiger partial charge in [0.05, 0.1) is 19.1 Å². The van der Waals surface area contributed by atoms with Gasteiger partial charge < -0.3 is 15.2 Å². The van der Waals surface area contributed by atoms with E-state index in [1.54, 1.807) is 25.3 Å². The summed E-state index contributed by atoms with van der Waals surface area (Å²) in [4.78, 5) is 23.1. The van der Waals surface area contributed by atoms with Crippen LogP contribution in [0.4, 0.5) is 5.69 Å². The SMILES string of the molecule is COc1ccc(CC(=O)Nc2cc(C(=O)O)ccc2C)cc1. The molecule has 0 aromatic heterocycles. The molecule has 22 heavy (non-hydrogen) atoms. The molecule has 1 amide bonds. The number of methoxy groups -OCH3 is 1. The van der Waals surface area contributed by atoms with Crippen molar-refractivity contribution in [2.45, 2.75) is 13.3 Å². The molecule has 0 heterocycles. The third kappa shape index (κ3) is 3.85. The van der Waals surface area contributed by atoms with Gasteiger partial charge in [0.25, 0.3) is 0 Å². The number of rotatable bonds is 5. The Morgan fingerprint density at radius 3 is 2.41 bits per heavy atom. The number of carbonyl (C=O) groups is 2. The lowest BCUT2D eigenvalue weighted by atomic mass is 10.1. The number of amides is 1. The minimum Gasteiger partial charge on any atom is -0.497 e. The number of nitrogens with one attached hydrogen (secondary N) is 1. The van der Waals surface area contributed by atoms with E-state index in [1.165, 1.54) is 12.1 Å². The van der Waals surface area contributed by atoms with Crippen molar-refractivity contribution in [3.8, 4) is 5.75 Å². The molecule has 0 saturated carbocycles. The van der Waals surface area contributed by atoms with Gasteiger partial charge in [0.15, 0.2) is 0 Å². The van der Waals surface area contributed by atoms with Crippen molar-refractivity contribution in [2.75, 3.05) is 12.4 Å².